The van der Waals surface area contributed by atoms with E-state index in [1.165, 1.54) is 6.33 Å². The maximum absolute atomic E-state index is 12.2. The molecule has 0 amide bonds. The molecule has 0 radical (unpaired) electrons. The Labute approximate surface area is 122 Å². The number of hydrogen-bond donors (Lipinski definition) is 1. The lowest BCUT2D eigenvalue weighted by Gasteiger charge is -2.08. The molecule has 0 aliphatic carbocycles. The van der Waals surface area contributed by atoms with Gasteiger partial charge in [-0.15, -0.1) is 0 Å². The van der Waals surface area contributed by atoms with E-state index in [9.17, 15) is 8.42 Å². The molecule has 21 heavy (non-hydrogen) atoms. The van der Waals surface area contributed by atoms with E-state index in [2.05, 4.69) is 14.8 Å². The molecule has 3 rings (SSSR count). The highest BCUT2D eigenvalue weighted by Gasteiger charge is 2.13. The van der Waals surface area contributed by atoms with Crippen LogP contribution in [0, 0.1) is 0 Å². The van der Waals surface area contributed by atoms with Crippen molar-refractivity contribution in [3.8, 4) is 5.69 Å². The van der Waals surface area contributed by atoms with E-state index in [0.717, 1.165) is 5.69 Å². The Morgan fingerprint density at radius 3 is 2.29 bits per heavy atom. The van der Waals surface area contributed by atoms with Crippen LogP contribution in [0.4, 0.5) is 5.69 Å². The molecular weight excluding hydrogens is 288 g/mol. The number of nitrogens with zero attached hydrogens (tertiary/aromatic N) is 3. The Hall–Kier alpha value is -2.67. The van der Waals surface area contributed by atoms with Crippen LogP contribution in [0.15, 0.2) is 72.1 Å². The number of sulfonamides is 1. The van der Waals surface area contributed by atoms with E-state index in [4.69, 9.17) is 0 Å². The molecule has 7 heteroatoms. The highest BCUT2D eigenvalue weighted by Crippen LogP contribution is 2.17. The highest BCUT2D eigenvalue weighted by atomic mass is 32.2. The second-order valence-corrected chi connectivity index (χ2v) is 5.99. The van der Waals surface area contributed by atoms with Gasteiger partial charge in [-0.2, -0.15) is 5.10 Å². The van der Waals surface area contributed by atoms with E-state index in [-0.39, 0.29) is 4.90 Å². The highest BCUT2D eigenvalue weighted by molar-refractivity contribution is 7.92. The number of rotatable bonds is 4. The first-order valence-electron chi connectivity index (χ1n) is 6.18. The van der Waals surface area contributed by atoms with Crippen molar-refractivity contribution >= 4 is 15.7 Å². The minimum Gasteiger partial charge on any atom is -0.280 e. The molecule has 0 bridgehead atoms. The summed E-state index contributed by atoms with van der Waals surface area (Å²) in [6, 6.07) is 15.1. The van der Waals surface area contributed by atoms with Crippen molar-refractivity contribution in [1.29, 1.82) is 0 Å². The van der Waals surface area contributed by atoms with E-state index in [1.54, 1.807) is 65.6 Å². The van der Waals surface area contributed by atoms with E-state index < -0.39 is 10.0 Å². The monoisotopic (exact) mass is 300 g/mol. The van der Waals surface area contributed by atoms with Gasteiger partial charge in [-0.3, -0.25) is 4.72 Å². The summed E-state index contributed by atoms with van der Waals surface area (Å²) in [6.45, 7) is 0. The van der Waals surface area contributed by atoms with Crippen LogP contribution >= 0.6 is 0 Å². The predicted octanol–water partition coefficient (Wildman–Crippen LogP) is 2.07. The normalized spacial score (nSPS) is 11.2. The Balaban J connectivity index is 1.83. The average Bonchev–Trinajstić information content (AvgIpc) is 3.03. The van der Waals surface area contributed by atoms with Crippen molar-refractivity contribution in [1.82, 2.24) is 14.8 Å². The fraction of sp³-hybridized carbons (Fsp3) is 0. The topological polar surface area (TPSA) is 76.9 Å². The number of benzene rings is 2. The van der Waals surface area contributed by atoms with Crippen LogP contribution in [-0.2, 0) is 10.0 Å². The van der Waals surface area contributed by atoms with Crippen LogP contribution in [0.1, 0.15) is 0 Å². The van der Waals surface area contributed by atoms with Gasteiger partial charge in [-0.25, -0.2) is 18.1 Å². The van der Waals surface area contributed by atoms with Gasteiger partial charge in [-0.1, -0.05) is 18.2 Å². The van der Waals surface area contributed by atoms with Gasteiger partial charge < -0.3 is 0 Å². The fourth-order valence-electron chi connectivity index (χ4n) is 1.84. The van der Waals surface area contributed by atoms with Crippen molar-refractivity contribution in [3.05, 3.63) is 67.3 Å². The molecule has 2 aromatic carbocycles. The van der Waals surface area contributed by atoms with Gasteiger partial charge in [0, 0.05) is 5.69 Å². The maximum atomic E-state index is 12.2. The molecule has 0 saturated heterocycles. The molecular formula is C14H12N4O2S. The van der Waals surface area contributed by atoms with Gasteiger partial charge in [-0.05, 0) is 36.4 Å². The summed E-state index contributed by atoms with van der Waals surface area (Å²) >= 11 is 0. The molecule has 0 fully saturated rings. The smallest absolute Gasteiger partial charge is 0.261 e. The summed E-state index contributed by atoms with van der Waals surface area (Å²) in [7, 11) is -3.56. The van der Waals surface area contributed by atoms with E-state index in [1.807, 2.05) is 0 Å². The zero-order valence-electron chi connectivity index (χ0n) is 10.9. The van der Waals surface area contributed by atoms with Crippen molar-refractivity contribution in [2.24, 2.45) is 0 Å². The van der Waals surface area contributed by atoms with Crippen LogP contribution < -0.4 is 4.72 Å². The summed E-state index contributed by atoms with van der Waals surface area (Å²) in [5, 5.41) is 4.01. The van der Waals surface area contributed by atoms with Gasteiger partial charge in [0.2, 0.25) is 0 Å². The zero-order valence-corrected chi connectivity index (χ0v) is 11.7. The Morgan fingerprint density at radius 2 is 1.67 bits per heavy atom. The minimum absolute atomic E-state index is 0.227. The maximum Gasteiger partial charge on any atom is 0.261 e. The minimum atomic E-state index is -3.56. The first kappa shape index (κ1) is 13.3. The molecule has 3 aromatic rings. The Kier molecular flexibility index (Phi) is 3.41. The Bertz CT molecular complexity index is 813. The number of aromatic nitrogens is 3. The predicted molar refractivity (Wildman–Crippen MR) is 78.6 cm³/mol. The molecule has 0 spiro atoms. The molecule has 0 saturated carbocycles. The lowest BCUT2D eigenvalue weighted by Crippen LogP contribution is -2.12. The van der Waals surface area contributed by atoms with Crippen LogP contribution in [0.3, 0.4) is 0 Å². The lowest BCUT2D eigenvalue weighted by molar-refractivity contribution is 0.601. The van der Waals surface area contributed by atoms with Crippen molar-refractivity contribution in [2.45, 2.75) is 4.90 Å². The van der Waals surface area contributed by atoms with Crippen LogP contribution in [0.5, 0.6) is 0 Å². The number of nitrogens with one attached hydrogen (secondary N) is 1. The third-order valence-corrected chi connectivity index (χ3v) is 4.25. The molecule has 0 unspecified atom stereocenters. The van der Waals surface area contributed by atoms with Gasteiger partial charge in [0.05, 0.1) is 10.6 Å². The van der Waals surface area contributed by atoms with Crippen LogP contribution in [0.2, 0.25) is 0 Å². The molecule has 106 valence electrons. The molecule has 0 aliphatic heterocycles. The Morgan fingerprint density at radius 1 is 0.952 bits per heavy atom. The van der Waals surface area contributed by atoms with Gasteiger partial charge in [0.25, 0.3) is 10.0 Å². The average molecular weight is 300 g/mol. The number of hydrogen-bond acceptors (Lipinski definition) is 4. The standard InChI is InChI=1S/C14H12N4O2S/c19-21(20,14-4-2-1-3-5-14)17-12-6-8-13(9-7-12)18-11-15-10-16-18/h1-11,17H. The number of anilines is 1. The summed E-state index contributed by atoms with van der Waals surface area (Å²) in [4.78, 5) is 4.09. The van der Waals surface area contributed by atoms with Gasteiger partial charge in [0.1, 0.15) is 12.7 Å². The quantitative estimate of drug-likeness (QED) is 0.800. The molecule has 6 nitrogen and oxygen atoms in total. The van der Waals surface area contributed by atoms with Crippen LogP contribution in [-0.4, -0.2) is 23.2 Å². The van der Waals surface area contributed by atoms with E-state index in [0.29, 0.717) is 5.69 Å². The zero-order chi connectivity index (χ0) is 14.7. The van der Waals surface area contributed by atoms with Gasteiger partial charge in [0.15, 0.2) is 0 Å². The summed E-state index contributed by atoms with van der Waals surface area (Å²) in [6.07, 6.45) is 3.01. The van der Waals surface area contributed by atoms with Crippen molar-refractivity contribution in [3.63, 3.8) is 0 Å². The summed E-state index contributed by atoms with van der Waals surface area (Å²) < 4.78 is 28.5. The second kappa shape index (κ2) is 5.37. The lowest BCUT2D eigenvalue weighted by atomic mass is 10.3. The first-order chi connectivity index (χ1) is 10.1. The molecule has 1 N–H and O–H groups in total. The fourth-order valence-corrected chi connectivity index (χ4v) is 2.92. The SMILES string of the molecule is O=S(=O)(Nc1ccc(-n2cncn2)cc1)c1ccccc1. The van der Waals surface area contributed by atoms with Crippen LogP contribution in [0.25, 0.3) is 5.69 Å². The molecule has 1 heterocycles. The largest absolute Gasteiger partial charge is 0.280 e. The molecule has 1 aromatic heterocycles. The van der Waals surface area contributed by atoms with E-state index >= 15 is 0 Å². The summed E-state index contributed by atoms with van der Waals surface area (Å²) in [5.74, 6) is 0. The molecule has 0 atom stereocenters. The summed E-state index contributed by atoms with van der Waals surface area (Å²) in [5.41, 5.74) is 1.29. The van der Waals surface area contributed by atoms with Crippen molar-refractivity contribution in [2.75, 3.05) is 4.72 Å². The molecule has 0 aliphatic rings. The van der Waals surface area contributed by atoms with Gasteiger partial charge >= 0.3 is 0 Å². The first-order valence-corrected chi connectivity index (χ1v) is 7.66. The second-order valence-electron chi connectivity index (χ2n) is 4.31. The third-order valence-electron chi connectivity index (χ3n) is 2.86. The third kappa shape index (κ3) is 2.92. The van der Waals surface area contributed by atoms with Crippen molar-refractivity contribution < 1.29 is 8.42 Å².